The van der Waals surface area contributed by atoms with Gasteiger partial charge in [0.05, 0.1) is 0 Å². The third-order valence-electron chi connectivity index (χ3n) is 3.92. The normalized spacial score (nSPS) is 24.8. The van der Waals surface area contributed by atoms with E-state index >= 15 is 0 Å². The van der Waals surface area contributed by atoms with E-state index in [0.29, 0.717) is 12.1 Å². The first kappa shape index (κ1) is 14.5. The van der Waals surface area contributed by atoms with Crippen LogP contribution < -0.4 is 5.32 Å². The SMILES string of the molecule is CC(C)CC1CN(CCc2ccccn2)C(C)CN1. The van der Waals surface area contributed by atoms with Gasteiger partial charge in [0.2, 0.25) is 0 Å². The molecule has 106 valence electrons. The van der Waals surface area contributed by atoms with Crippen molar-refractivity contribution in [3.8, 4) is 0 Å². The second kappa shape index (κ2) is 7.01. The lowest BCUT2D eigenvalue weighted by atomic mass is 10.00. The van der Waals surface area contributed by atoms with Crippen molar-refractivity contribution in [1.29, 1.82) is 0 Å². The van der Waals surface area contributed by atoms with Crippen molar-refractivity contribution in [2.75, 3.05) is 19.6 Å². The fraction of sp³-hybridized carbons (Fsp3) is 0.688. The number of nitrogens with one attached hydrogen (secondary N) is 1. The van der Waals surface area contributed by atoms with Crippen LogP contribution in [0.4, 0.5) is 0 Å². The topological polar surface area (TPSA) is 28.2 Å². The van der Waals surface area contributed by atoms with E-state index in [9.17, 15) is 0 Å². The van der Waals surface area contributed by atoms with Gasteiger partial charge in [-0.25, -0.2) is 0 Å². The summed E-state index contributed by atoms with van der Waals surface area (Å²) < 4.78 is 0. The van der Waals surface area contributed by atoms with Gasteiger partial charge in [-0.15, -0.1) is 0 Å². The van der Waals surface area contributed by atoms with E-state index in [1.165, 1.54) is 18.7 Å². The molecule has 3 nitrogen and oxygen atoms in total. The molecule has 3 heteroatoms. The Balaban J connectivity index is 1.83. The zero-order valence-electron chi connectivity index (χ0n) is 12.5. The summed E-state index contributed by atoms with van der Waals surface area (Å²) in [6.07, 6.45) is 4.21. The van der Waals surface area contributed by atoms with Gasteiger partial charge in [0.15, 0.2) is 0 Å². The highest BCUT2D eigenvalue weighted by molar-refractivity contribution is 5.04. The summed E-state index contributed by atoms with van der Waals surface area (Å²) in [7, 11) is 0. The van der Waals surface area contributed by atoms with Gasteiger partial charge in [-0.3, -0.25) is 9.88 Å². The van der Waals surface area contributed by atoms with Crippen LogP contribution in [0.5, 0.6) is 0 Å². The molecule has 2 heterocycles. The van der Waals surface area contributed by atoms with E-state index < -0.39 is 0 Å². The molecule has 0 spiro atoms. The van der Waals surface area contributed by atoms with Gasteiger partial charge in [-0.1, -0.05) is 19.9 Å². The van der Waals surface area contributed by atoms with Crippen molar-refractivity contribution in [2.45, 2.75) is 45.7 Å². The average molecular weight is 261 g/mol. The molecule has 1 fully saturated rings. The molecule has 0 saturated carbocycles. The van der Waals surface area contributed by atoms with Crippen molar-refractivity contribution in [3.05, 3.63) is 30.1 Å². The lowest BCUT2D eigenvalue weighted by Crippen LogP contribution is -2.56. The maximum Gasteiger partial charge on any atom is 0.0416 e. The van der Waals surface area contributed by atoms with Crippen molar-refractivity contribution in [1.82, 2.24) is 15.2 Å². The zero-order valence-corrected chi connectivity index (χ0v) is 12.5. The van der Waals surface area contributed by atoms with E-state index in [0.717, 1.165) is 25.4 Å². The van der Waals surface area contributed by atoms with E-state index in [-0.39, 0.29) is 0 Å². The number of piperazine rings is 1. The van der Waals surface area contributed by atoms with E-state index in [1.807, 2.05) is 12.3 Å². The van der Waals surface area contributed by atoms with Crippen molar-refractivity contribution in [2.24, 2.45) is 5.92 Å². The summed E-state index contributed by atoms with van der Waals surface area (Å²) in [4.78, 5) is 7.02. The van der Waals surface area contributed by atoms with Gasteiger partial charge in [-0.05, 0) is 31.4 Å². The zero-order chi connectivity index (χ0) is 13.7. The van der Waals surface area contributed by atoms with Gasteiger partial charge in [-0.2, -0.15) is 0 Å². The first-order valence-electron chi connectivity index (χ1n) is 7.52. The number of hydrogen-bond donors (Lipinski definition) is 1. The lowest BCUT2D eigenvalue weighted by Gasteiger charge is -2.39. The summed E-state index contributed by atoms with van der Waals surface area (Å²) in [5.74, 6) is 0.767. The number of nitrogens with zero attached hydrogens (tertiary/aromatic N) is 2. The van der Waals surface area contributed by atoms with Crippen LogP contribution >= 0.6 is 0 Å². The Labute approximate surface area is 117 Å². The van der Waals surface area contributed by atoms with Crippen LogP contribution in [0.2, 0.25) is 0 Å². The van der Waals surface area contributed by atoms with Crippen LogP contribution in [0.1, 0.15) is 32.9 Å². The van der Waals surface area contributed by atoms with Crippen LogP contribution in [-0.4, -0.2) is 41.6 Å². The van der Waals surface area contributed by atoms with Crippen LogP contribution in [0.15, 0.2) is 24.4 Å². The molecule has 2 unspecified atom stereocenters. The number of pyridine rings is 1. The molecule has 0 aromatic carbocycles. The van der Waals surface area contributed by atoms with Crippen molar-refractivity contribution >= 4 is 0 Å². The second-order valence-corrected chi connectivity index (χ2v) is 6.15. The van der Waals surface area contributed by atoms with Gasteiger partial charge < -0.3 is 5.32 Å². The predicted octanol–water partition coefficient (Wildman–Crippen LogP) is 2.33. The largest absolute Gasteiger partial charge is 0.311 e. The minimum atomic E-state index is 0.632. The summed E-state index contributed by atoms with van der Waals surface area (Å²) in [5, 5.41) is 3.67. The third-order valence-corrected chi connectivity index (χ3v) is 3.92. The number of aromatic nitrogens is 1. The van der Waals surface area contributed by atoms with Crippen molar-refractivity contribution < 1.29 is 0 Å². The van der Waals surface area contributed by atoms with Gasteiger partial charge in [0, 0.05) is 50.0 Å². The summed E-state index contributed by atoms with van der Waals surface area (Å²) in [6.45, 7) is 10.3. The first-order valence-corrected chi connectivity index (χ1v) is 7.52. The molecule has 1 aliphatic rings. The Bertz CT molecular complexity index is 364. The fourth-order valence-electron chi connectivity index (χ4n) is 2.84. The molecule has 1 N–H and O–H groups in total. The summed E-state index contributed by atoms with van der Waals surface area (Å²) in [5.41, 5.74) is 1.20. The highest BCUT2D eigenvalue weighted by atomic mass is 15.2. The van der Waals surface area contributed by atoms with E-state index in [4.69, 9.17) is 0 Å². The highest BCUT2D eigenvalue weighted by Gasteiger charge is 2.24. The standard InChI is InChI=1S/C16H27N3/c1-13(2)10-16-12-19(14(3)11-18-16)9-7-15-6-4-5-8-17-15/h4-6,8,13-14,16,18H,7,9-12H2,1-3H3. The molecule has 19 heavy (non-hydrogen) atoms. The Hall–Kier alpha value is -0.930. The molecule has 0 radical (unpaired) electrons. The third kappa shape index (κ3) is 4.59. The molecule has 1 aliphatic heterocycles. The molecule has 1 aromatic heterocycles. The monoisotopic (exact) mass is 261 g/mol. The molecular weight excluding hydrogens is 234 g/mol. The smallest absolute Gasteiger partial charge is 0.0416 e. The van der Waals surface area contributed by atoms with Crippen LogP contribution in [-0.2, 0) is 6.42 Å². The Morgan fingerprint density at radius 2 is 2.26 bits per heavy atom. The number of hydrogen-bond acceptors (Lipinski definition) is 3. The molecular formula is C16H27N3. The molecule has 0 amide bonds. The summed E-state index contributed by atoms with van der Waals surface area (Å²) in [6, 6.07) is 7.46. The first-order chi connectivity index (χ1) is 9.15. The Kier molecular flexibility index (Phi) is 5.34. The maximum absolute atomic E-state index is 4.41. The minimum Gasteiger partial charge on any atom is -0.311 e. The highest BCUT2D eigenvalue weighted by Crippen LogP contribution is 2.13. The van der Waals surface area contributed by atoms with E-state index in [1.54, 1.807) is 0 Å². The van der Waals surface area contributed by atoms with Gasteiger partial charge in [0.25, 0.3) is 0 Å². The predicted molar refractivity (Wildman–Crippen MR) is 80.2 cm³/mol. The lowest BCUT2D eigenvalue weighted by molar-refractivity contribution is 0.133. The molecule has 2 atom stereocenters. The molecule has 0 aliphatic carbocycles. The average Bonchev–Trinajstić information content (AvgIpc) is 2.40. The van der Waals surface area contributed by atoms with Crippen LogP contribution in [0.3, 0.4) is 0 Å². The quantitative estimate of drug-likeness (QED) is 0.882. The maximum atomic E-state index is 4.41. The Morgan fingerprint density at radius 3 is 2.95 bits per heavy atom. The number of rotatable bonds is 5. The molecule has 1 saturated heterocycles. The van der Waals surface area contributed by atoms with Gasteiger partial charge >= 0.3 is 0 Å². The summed E-state index contributed by atoms with van der Waals surface area (Å²) >= 11 is 0. The second-order valence-electron chi connectivity index (χ2n) is 6.15. The minimum absolute atomic E-state index is 0.632. The molecule has 0 bridgehead atoms. The van der Waals surface area contributed by atoms with Crippen molar-refractivity contribution in [3.63, 3.8) is 0 Å². The molecule has 1 aromatic rings. The fourth-order valence-corrected chi connectivity index (χ4v) is 2.84. The Morgan fingerprint density at radius 1 is 1.42 bits per heavy atom. The van der Waals surface area contributed by atoms with Gasteiger partial charge in [0.1, 0.15) is 0 Å². The van der Waals surface area contributed by atoms with Crippen LogP contribution in [0, 0.1) is 5.92 Å². The molecule has 2 rings (SSSR count). The van der Waals surface area contributed by atoms with E-state index in [2.05, 4.69) is 48.1 Å². The van der Waals surface area contributed by atoms with Crippen LogP contribution in [0.25, 0.3) is 0 Å².